The molecule has 2 N–H and O–H groups in total. The first-order valence-electron chi connectivity index (χ1n) is 5.84. The van der Waals surface area contributed by atoms with Crippen LogP contribution in [-0.4, -0.2) is 4.98 Å². The van der Waals surface area contributed by atoms with Crippen molar-refractivity contribution in [3.05, 3.63) is 53.2 Å². The van der Waals surface area contributed by atoms with Gasteiger partial charge in [0.25, 0.3) is 0 Å². The number of nitrogens with zero attached hydrogens (tertiary/aromatic N) is 1. The highest BCUT2D eigenvalue weighted by Crippen LogP contribution is 2.27. The molecule has 1 unspecified atom stereocenters. The molecule has 0 radical (unpaired) electrons. The normalized spacial score (nSPS) is 12.4. The molecule has 0 saturated heterocycles. The molecule has 1 atom stereocenters. The van der Waals surface area contributed by atoms with Crippen LogP contribution in [0.25, 0.3) is 0 Å². The van der Waals surface area contributed by atoms with Crippen molar-refractivity contribution in [1.82, 2.24) is 4.98 Å². The van der Waals surface area contributed by atoms with Crippen LogP contribution in [0.5, 0.6) is 0 Å². The van der Waals surface area contributed by atoms with Crippen LogP contribution >= 0.6 is 23.4 Å². The quantitative estimate of drug-likeness (QED) is 0.906. The van der Waals surface area contributed by atoms with E-state index in [-0.39, 0.29) is 6.04 Å². The Morgan fingerprint density at radius 2 is 1.94 bits per heavy atom. The molecule has 2 aromatic rings. The molecular formula is C14H15ClN2S. The van der Waals surface area contributed by atoms with Gasteiger partial charge in [0.1, 0.15) is 5.03 Å². The second kappa shape index (κ2) is 6.23. The zero-order chi connectivity index (χ0) is 13.0. The van der Waals surface area contributed by atoms with E-state index in [4.69, 9.17) is 17.3 Å². The molecule has 1 aromatic carbocycles. The maximum Gasteiger partial charge on any atom is 0.101 e. The number of rotatable bonds is 4. The van der Waals surface area contributed by atoms with E-state index >= 15 is 0 Å². The molecule has 4 heteroatoms. The SMILES string of the molecule is CCC(N)c1ccc(Sc2ccc(Cl)cn2)cc1. The van der Waals surface area contributed by atoms with Gasteiger partial charge in [-0.15, -0.1) is 0 Å². The van der Waals surface area contributed by atoms with Crippen molar-refractivity contribution in [2.75, 3.05) is 0 Å². The van der Waals surface area contributed by atoms with Gasteiger partial charge in [-0.2, -0.15) is 0 Å². The van der Waals surface area contributed by atoms with E-state index in [0.717, 1.165) is 16.3 Å². The Morgan fingerprint density at radius 1 is 1.22 bits per heavy atom. The van der Waals surface area contributed by atoms with Crippen molar-refractivity contribution in [2.24, 2.45) is 5.73 Å². The maximum absolute atomic E-state index is 5.98. The predicted molar refractivity (Wildman–Crippen MR) is 77.0 cm³/mol. The number of benzene rings is 1. The Hall–Kier alpha value is -1.03. The van der Waals surface area contributed by atoms with E-state index in [1.54, 1.807) is 18.0 Å². The summed E-state index contributed by atoms with van der Waals surface area (Å²) in [5.74, 6) is 0. The monoisotopic (exact) mass is 278 g/mol. The third-order valence-electron chi connectivity index (χ3n) is 2.67. The molecular weight excluding hydrogens is 264 g/mol. The van der Waals surface area contributed by atoms with Gasteiger partial charge in [0.2, 0.25) is 0 Å². The Bertz CT molecular complexity index is 496. The first-order chi connectivity index (χ1) is 8.69. The van der Waals surface area contributed by atoms with E-state index in [9.17, 15) is 0 Å². The fourth-order valence-electron chi connectivity index (χ4n) is 1.56. The van der Waals surface area contributed by atoms with Gasteiger partial charge in [-0.1, -0.05) is 42.4 Å². The average Bonchev–Trinajstić information content (AvgIpc) is 2.41. The van der Waals surface area contributed by atoms with Gasteiger partial charge < -0.3 is 5.73 Å². The number of hydrogen-bond donors (Lipinski definition) is 1. The summed E-state index contributed by atoms with van der Waals surface area (Å²) < 4.78 is 0. The Morgan fingerprint density at radius 3 is 2.50 bits per heavy atom. The molecule has 2 nitrogen and oxygen atoms in total. The molecule has 0 aliphatic carbocycles. The number of halogens is 1. The van der Waals surface area contributed by atoms with E-state index in [1.807, 2.05) is 12.1 Å². The smallest absolute Gasteiger partial charge is 0.101 e. The molecule has 1 heterocycles. The fourth-order valence-corrected chi connectivity index (χ4v) is 2.43. The summed E-state index contributed by atoms with van der Waals surface area (Å²) in [6.07, 6.45) is 2.61. The van der Waals surface area contributed by atoms with Crippen LogP contribution in [0.1, 0.15) is 24.9 Å². The second-order valence-electron chi connectivity index (χ2n) is 4.00. The summed E-state index contributed by atoms with van der Waals surface area (Å²) in [7, 11) is 0. The molecule has 0 saturated carbocycles. The highest BCUT2D eigenvalue weighted by molar-refractivity contribution is 7.99. The van der Waals surface area contributed by atoms with Gasteiger partial charge >= 0.3 is 0 Å². The lowest BCUT2D eigenvalue weighted by Gasteiger charge is -2.09. The van der Waals surface area contributed by atoms with Gasteiger partial charge in [0, 0.05) is 17.1 Å². The third kappa shape index (κ3) is 3.48. The minimum atomic E-state index is 0.123. The van der Waals surface area contributed by atoms with Gasteiger partial charge in [0.05, 0.1) is 5.02 Å². The largest absolute Gasteiger partial charge is 0.324 e. The summed E-state index contributed by atoms with van der Waals surface area (Å²) in [5.41, 5.74) is 7.15. The summed E-state index contributed by atoms with van der Waals surface area (Å²) >= 11 is 7.41. The molecule has 94 valence electrons. The molecule has 2 rings (SSSR count). The van der Waals surface area contributed by atoms with Gasteiger partial charge in [-0.25, -0.2) is 4.98 Å². The van der Waals surface area contributed by atoms with Gasteiger partial charge in [-0.05, 0) is 36.2 Å². The van der Waals surface area contributed by atoms with Crippen LogP contribution in [-0.2, 0) is 0 Å². The van der Waals surface area contributed by atoms with E-state index in [2.05, 4.69) is 36.2 Å². The second-order valence-corrected chi connectivity index (χ2v) is 5.53. The zero-order valence-corrected chi connectivity index (χ0v) is 11.7. The highest BCUT2D eigenvalue weighted by atomic mass is 35.5. The minimum Gasteiger partial charge on any atom is -0.324 e. The summed E-state index contributed by atoms with van der Waals surface area (Å²) in [5, 5.41) is 1.59. The topological polar surface area (TPSA) is 38.9 Å². The average molecular weight is 279 g/mol. The number of pyridine rings is 1. The molecule has 0 fully saturated rings. The Kier molecular flexibility index (Phi) is 4.64. The lowest BCUT2D eigenvalue weighted by atomic mass is 10.1. The fraction of sp³-hybridized carbons (Fsp3) is 0.214. The van der Waals surface area contributed by atoms with E-state index in [0.29, 0.717) is 5.02 Å². The number of hydrogen-bond acceptors (Lipinski definition) is 3. The molecule has 0 aliphatic heterocycles. The summed E-state index contributed by atoms with van der Waals surface area (Å²) in [6, 6.07) is 12.2. The first kappa shape index (κ1) is 13.4. The van der Waals surface area contributed by atoms with Crippen molar-refractivity contribution in [2.45, 2.75) is 29.3 Å². The number of nitrogens with two attached hydrogens (primary N) is 1. The summed E-state index contributed by atoms with van der Waals surface area (Å²) in [6.45, 7) is 2.09. The van der Waals surface area contributed by atoms with Crippen molar-refractivity contribution < 1.29 is 0 Å². The van der Waals surface area contributed by atoms with Crippen LogP contribution in [0.15, 0.2) is 52.5 Å². The van der Waals surface area contributed by atoms with Crippen LogP contribution in [0.3, 0.4) is 0 Å². The van der Waals surface area contributed by atoms with Gasteiger partial charge in [0.15, 0.2) is 0 Å². The van der Waals surface area contributed by atoms with Crippen LogP contribution in [0.4, 0.5) is 0 Å². The van der Waals surface area contributed by atoms with Crippen molar-refractivity contribution in [3.63, 3.8) is 0 Å². The van der Waals surface area contributed by atoms with E-state index < -0.39 is 0 Å². The third-order valence-corrected chi connectivity index (χ3v) is 3.85. The molecule has 0 bridgehead atoms. The zero-order valence-electron chi connectivity index (χ0n) is 10.1. The molecule has 1 aromatic heterocycles. The standard InChI is InChI=1S/C14H15ClN2S/c1-2-13(16)10-3-6-12(7-4-10)18-14-8-5-11(15)9-17-14/h3-9,13H,2,16H2,1H3. The van der Waals surface area contributed by atoms with Gasteiger partial charge in [-0.3, -0.25) is 0 Å². The lowest BCUT2D eigenvalue weighted by molar-refractivity contribution is 0.698. The van der Waals surface area contributed by atoms with E-state index in [1.165, 1.54) is 5.56 Å². The Labute approximate surface area is 117 Å². The minimum absolute atomic E-state index is 0.123. The first-order valence-corrected chi connectivity index (χ1v) is 7.03. The Balaban J connectivity index is 2.08. The highest BCUT2D eigenvalue weighted by Gasteiger charge is 2.04. The predicted octanol–water partition coefficient (Wildman–Crippen LogP) is 4.30. The summed E-state index contributed by atoms with van der Waals surface area (Å²) in [4.78, 5) is 5.40. The van der Waals surface area contributed by atoms with Crippen molar-refractivity contribution in [1.29, 1.82) is 0 Å². The van der Waals surface area contributed by atoms with Crippen LogP contribution < -0.4 is 5.73 Å². The lowest BCUT2D eigenvalue weighted by Crippen LogP contribution is -2.07. The molecule has 0 spiro atoms. The number of aromatic nitrogens is 1. The molecule has 18 heavy (non-hydrogen) atoms. The van der Waals surface area contributed by atoms with Crippen molar-refractivity contribution in [3.8, 4) is 0 Å². The van der Waals surface area contributed by atoms with Crippen LogP contribution in [0.2, 0.25) is 5.02 Å². The molecule has 0 aliphatic rings. The maximum atomic E-state index is 5.98. The molecule has 0 amide bonds. The van der Waals surface area contributed by atoms with Crippen molar-refractivity contribution >= 4 is 23.4 Å². The van der Waals surface area contributed by atoms with Crippen LogP contribution in [0, 0.1) is 0 Å².